The molecular formula is C10H11NO2. The van der Waals surface area contributed by atoms with Crippen molar-refractivity contribution in [2.24, 2.45) is 5.73 Å². The van der Waals surface area contributed by atoms with E-state index in [1.165, 1.54) is 0 Å². The van der Waals surface area contributed by atoms with Gasteiger partial charge in [0.05, 0.1) is 5.39 Å². The fourth-order valence-electron chi connectivity index (χ4n) is 1.38. The van der Waals surface area contributed by atoms with Crippen molar-refractivity contribution in [3.05, 3.63) is 30.0 Å². The molecule has 0 saturated heterocycles. The molecule has 0 saturated carbocycles. The van der Waals surface area contributed by atoms with Crippen LogP contribution < -0.4 is 5.73 Å². The zero-order valence-corrected chi connectivity index (χ0v) is 7.16. The summed E-state index contributed by atoms with van der Waals surface area (Å²) in [7, 11) is 0. The van der Waals surface area contributed by atoms with Crippen molar-refractivity contribution >= 4 is 11.0 Å². The second-order valence-corrected chi connectivity index (χ2v) is 2.91. The first kappa shape index (κ1) is 8.13. The van der Waals surface area contributed by atoms with Crippen molar-refractivity contribution in [1.29, 1.82) is 0 Å². The van der Waals surface area contributed by atoms with Gasteiger partial charge in [-0.3, -0.25) is 0 Å². The molecule has 13 heavy (non-hydrogen) atoms. The third kappa shape index (κ3) is 1.27. The Kier molecular flexibility index (Phi) is 1.94. The molecule has 0 amide bonds. The Labute approximate surface area is 75.8 Å². The van der Waals surface area contributed by atoms with Gasteiger partial charge in [-0.2, -0.15) is 0 Å². The molecule has 0 fully saturated rings. The van der Waals surface area contributed by atoms with Crippen LogP contribution in [0.1, 0.15) is 5.76 Å². The highest BCUT2D eigenvalue weighted by Crippen LogP contribution is 2.31. The predicted molar refractivity (Wildman–Crippen MR) is 50.6 cm³/mol. The summed E-state index contributed by atoms with van der Waals surface area (Å²) in [6.45, 7) is 0.480. The number of nitrogens with two attached hydrogens (primary N) is 1. The number of hydrogen-bond donors (Lipinski definition) is 2. The largest absolute Gasteiger partial charge is 0.504 e. The highest BCUT2D eigenvalue weighted by Gasteiger charge is 2.10. The van der Waals surface area contributed by atoms with E-state index in [0.717, 1.165) is 5.39 Å². The summed E-state index contributed by atoms with van der Waals surface area (Å²) in [4.78, 5) is 0. The lowest BCUT2D eigenvalue weighted by atomic mass is 10.2. The minimum absolute atomic E-state index is 0.223. The zero-order chi connectivity index (χ0) is 9.26. The summed E-state index contributed by atoms with van der Waals surface area (Å²) in [6, 6.07) is 7.39. The Morgan fingerprint density at radius 3 is 2.77 bits per heavy atom. The first-order chi connectivity index (χ1) is 6.33. The molecule has 1 aromatic carbocycles. The predicted octanol–water partition coefficient (Wildman–Crippen LogP) is 1.64. The molecule has 3 heteroatoms. The molecule has 0 aliphatic heterocycles. The maximum absolute atomic E-state index is 9.67. The summed E-state index contributed by atoms with van der Waals surface area (Å²) >= 11 is 0. The molecule has 3 nitrogen and oxygen atoms in total. The van der Waals surface area contributed by atoms with Crippen LogP contribution in [0.4, 0.5) is 0 Å². The van der Waals surface area contributed by atoms with E-state index in [9.17, 15) is 5.11 Å². The van der Waals surface area contributed by atoms with Crippen molar-refractivity contribution in [1.82, 2.24) is 0 Å². The van der Waals surface area contributed by atoms with Gasteiger partial charge in [-0.25, -0.2) is 0 Å². The van der Waals surface area contributed by atoms with Gasteiger partial charge in [0.1, 0.15) is 11.3 Å². The molecule has 0 bridgehead atoms. The lowest BCUT2D eigenvalue weighted by molar-refractivity contribution is 0.441. The van der Waals surface area contributed by atoms with Crippen LogP contribution in [0.3, 0.4) is 0 Å². The average molecular weight is 177 g/mol. The molecule has 0 spiro atoms. The quantitative estimate of drug-likeness (QED) is 0.733. The second kappa shape index (κ2) is 3.11. The molecule has 2 aromatic rings. The number of fused-ring (bicyclic) bond motifs is 1. The third-order valence-corrected chi connectivity index (χ3v) is 2.01. The number of rotatable bonds is 2. The van der Waals surface area contributed by atoms with Crippen LogP contribution in [-0.2, 0) is 6.42 Å². The maximum atomic E-state index is 9.67. The molecule has 0 unspecified atom stereocenters. The Morgan fingerprint density at radius 2 is 2.08 bits per heavy atom. The number of aromatic hydroxyl groups is 1. The van der Waals surface area contributed by atoms with Crippen LogP contribution in [0.25, 0.3) is 11.0 Å². The van der Waals surface area contributed by atoms with Gasteiger partial charge >= 0.3 is 0 Å². The molecule has 1 aromatic heterocycles. The van der Waals surface area contributed by atoms with Crippen LogP contribution >= 0.6 is 0 Å². The zero-order valence-electron chi connectivity index (χ0n) is 7.16. The normalized spacial score (nSPS) is 10.8. The standard InChI is InChI=1S/C10H11NO2/c11-6-5-9-10(12)7-3-1-2-4-8(7)13-9/h1-4,12H,5-6,11H2. The Morgan fingerprint density at radius 1 is 1.31 bits per heavy atom. The molecule has 0 radical (unpaired) electrons. The van der Waals surface area contributed by atoms with Gasteiger partial charge in [0.2, 0.25) is 0 Å². The van der Waals surface area contributed by atoms with E-state index in [0.29, 0.717) is 24.3 Å². The van der Waals surface area contributed by atoms with Crippen LogP contribution in [0.15, 0.2) is 28.7 Å². The highest BCUT2D eigenvalue weighted by molar-refractivity contribution is 5.84. The van der Waals surface area contributed by atoms with Crippen LogP contribution in [0.5, 0.6) is 5.75 Å². The van der Waals surface area contributed by atoms with E-state index in [4.69, 9.17) is 10.2 Å². The highest BCUT2D eigenvalue weighted by atomic mass is 16.4. The van der Waals surface area contributed by atoms with Gasteiger partial charge in [-0.05, 0) is 18.7 Å². The van der Waals surface area contributed by atoms with Crippen LogP contribution in [0.2, 0.25) is 0 Å². The van der Waals surface area contributed by atoms with Crippen molar-refractivity contribution in [3.63, 3.8) is 0 Å². The molecule has 2 rings (SSSR count). The molecule has 0 aliphatic carbocycles. The molecule has 1 heterocycles. The first-order valence-electron chi connectivity index (χ1n) is 4.22. The molecule has 68 valence electrons. The molecule has 3 N–H and O–H groups in total. The van der Waals surface area contributed by atoms with Gasteiger partial charge < -0.3 is 15.3 Å². The van der Waals surface area contributed by atoms with E-state index in [1.54, 1.807) is 0 Å². The molecular weight excluding hydrogens is 166 g/mol. The summed E-state index contributed by atoms with van der Waals surface area (Å²) in [5, 5.41) is 10.4. The van der Waals surface area contributed by atoms with Crippen LogP contribution in [0, 0.1) is 0 Å². The number of para-hydroxylation sites is 1. The number of furan rings is 1. The van der Waals surface area contributed by atoms with E-state index in [2.05, 4.69) is 0 Å². The summed E-state index contributed by atoms with van der Waals surface area (Å²) < 4.78 is 5.41. The lowest BCUT2D eigenvalue weighted by Crippen LogP contribution is -2.01. The molecule has 0 atom stereocenters. The van der Waals surface area contributed by atoms with Gasteiger partial charge in [-0.15, -0.1) is 0 Å². The second-order valence-electron chi connectivity index (χ2n) is 2.91. The van der Waals surface area contributed by atoms with Crippen molar-refractivity contribution < 1.29 is 9.52 Å². The Balaban J connectivity index is 2.60. The third-order valence-electron chi connectivity index (χ3n) is 2.01. The summed E-state index contributed by atoms with van der Waals surface area (Å²) in [5.74, 6) is 0.796. The minimum atomic E-state index is 0.223. The van der Waals surface area contributed by atoms with E-state index in [1.807, 2.05) is 24.3 Å². The number of hydrogen-bond acceptors (Lipinski definition) is 3. The minimum Gasteiger partial charge on any atom is -0.504 e. The van der Waals surface area contributed by atoms with Gasteiger partial charge in [0.25, 0.3) is 0 Å². The molecule has 0 aliphatic rings. The fourth-order valence-corrected chi connectivity index (χ4v) is 1.38. The van der Waals surface area contributed by atoms with E-state index < -0.39 is 0 Å². The van der Waals surface area contributed by atoms with Gasteiger partial charge in [0.15, 0.2) is 5.75 Å². The topological polar surface area (TPSA) is 59.4 Å². The monoisotopic (exact) mass is 177 g/mol. The maximum Gasteiger partial charge on any atom is 0.165 e. The lowest BCUT2D eigenvalue weighted by Gasteiger charge is -1.91. The van der Waals surface area contributed by atoms with Gasteiger partial charge in [0, 0.05) is 6.42 Å². The van der Waals surface area contributed by atoms with Crippen molar-refractivity contribution in [2.75, 3.05) is 6.54 Å². The van der Waals surface area contributed by atoms with Crippen molar-refractivity contribution in [3.8, 4) is 5.75 Å². The summed E-state index contributed by atoms with van der Waals surface area (Å²) in [6.07, 6.45) is 0.570. The van der Waals surface area contributed by atoms with Crippen LogP contribution in [-0.4, -0.2) is 11.7 Å². The SMILES string of the molecule is NCCc1oc2ccccc2c1O. The smallest absolute Gasteiger partial charge is 0.165 e. The number of benzene rings is 1. The summed E-state index contributed by atoms with van der Waals surface area (Å²) in [5.41, 5.74) is 6.09. The van der Waals surface area contributed by atoms with E-state index in [-0.39, 0.29) is 5.75 Å². The fraction of sp³-hybridized carbons (Fsp3) is 0.200. The Hall–Kier alpha value is -1.48. The van der Waals surface area contributed by atoms with Crippen molar-refractivity contribution in [2.45, 2.75) is 6.42 Å². The first-order valence-corrected chi connectivity index (χ1v) is 4.22. The Bertz CT molecular complexity index is 420. The van der Waals surface area contributed by atoms with Gasteiger partial charge in [-0.1, -0.05) is 12.1 Å². The average Bonchev–Trinajstić information content (AvgIpc) is 2.46. The van der Waals surface area contributed by atoms with E-state index >= 15 is 0 Å².